The standard InChI is InChI=1S/C14H18FNO3/c1-19-12-7-3-5-10(13(12)15)14(18)16-8-9-4-2-6-11(9)17/h3,5,7,9,11,17H,2,4,6,8H2,1H3,(H,16,18). The van der Waals surface area contributed by atoms with Gasteiger partial charge in [-0.3, -0.25) is 4.79 Å². The maximum atomic E-state index is 13.9. The predicted octanol–water partition coefficient (Wildman–Crippen LogP) is 1.73. The van der Waals surface area contributed by atoms with Crippen molar-refractivity contribution in [1.29, 1.82) is 0 Å². The number of amides is 1. The number of aliphatic hydroxyl groups excluding tert-OH is 1. The van der Waals surface area contributed by atoms with Crippen LogP contribution < -0.4 is 10.1 Å². The van der Waals surface area contributed by atoms with Crippen LogP contribution in [0.1, 0.15) is 29.6 Å². The van der Waals surface area contributed by atoms with E-state index in [1.165, 1.54) is 19.2 Å². The van der Waals surface area contributed by atoms with Gasteiger partial charge < -0.3 is 15.2 Å². The molecule has 19 heavy (non-hydrogen) atoms. The fourth-order valence-electron chi connectivity index (χ4n) is 2.42. The van der Waals surface area contributed by atoms with Gasteiger partial charge in [0.05, 0.1) is 18.8 Å². The third-order valence-corrected chi connectivity index (χ3v) is 3.57. The molecule has 0 spiro atoms. The van der Waals surface area contributed by atoms with E-state index in [2.05, 4.69) is 5.32 Å². The fourth-order valence-corrected chi connectivity index (χ4v) is 2.42. The number of carbonyl (C=O) groups is 1. The van der Waals surface area contributed by atoms with Crippen molar-refractivity contribution in [3.05, 3.63) is 29.6 Å². The Hall–Kier alpha value is -1.62. The molecule has 1 saturated carbocycles. The van der Waals surface area contributed by atoms with Crippen LogP contribution in [0, 0.1) is 11.7 Å². The van der Waals surface area contributed by atoms with Crippen molar-refractivity contribution in [2.45, 2.75) is 25.4 Å². The molecule has 2 atom stereocenters. The molecule has 0 aromatic heterocycles. The van der Waals surface area contributed by atoms with E-state index in [4.69, 9.17) is 4.74 Å². The number of hydrogen-bond acceptors (Lipinski definition) is 3. The summed E-state index contributed by atoms with van der Waals surface area (Å²) in [6, 6.07) is 4.45. The summed E-state index contributed by atoms with van der Waals surface area (Å²) in [6.45, 7) is 0.372. The largest absolute Gasteiger partial charge is 0.494 e. The Morgan fingerprint density at radius 1 is 1.53 bits per heavy atom. The van der Waals surface area contributed by atoms with Crippen molar-refractivity contribution in [3.8, 4) is 5.75 Å². The lowest BCUT2D eigenvalue weighted by Crippen LogP contribution is -2.32. The molecule has 0 saturated heterocycles. The van der Waals surface area contributed by atoms with Crippen LogP contribution in [0.5, 0.6) is 5.75 Å². The fraction of sp³-hybridized carbons (Fsp3) is 0.500. The molecule has 1 fully saturated rings. The number of rotatable bonds is 4. The SMILES string of the molecule is COc1cccc(C(=O)NCC2CCCC2O)c1F. The van der Waals surface area contributed by atoms with E-state index in [0.29, 0.717) is 6.54 Å². The molecule has 1 amide bonds. The molecular weight excluding hydrogens is 249 g/mol. The van der Waals surface area contributed by atoms with Crippen molar-refractivity contribution >= 4 is 5.91 Å². The number of carbonyl (C=O) groups excluding carboxylic acids is 1. The van der Waals surface area contributed by atoms with Crippen molar-refractivity contribution in [1.82, 2.24) is 5.32 Å². The molecule has 2 rings (SSSR count). The van der Waals surface area contributed by atoms with Crippen molar-refractivity contribution in [2.24, 2.45) is 5.92 Å². The van der Waals surface area contributed by atoms with Gasteiger partial charge in [0.15, 0.2) is 11.6 Å². The first kappa shape index (κ1) is 13.8. The molecule has 0 heterocycles. The van der Waals surface area contributed by atoms with Gasteiger partial charge in [0.2, 0.25) is 0 Å². The lowest BCUT2D eigenvalue weighted by molar-refractivity contribution is 0.0912. The maximum absolute atomic E-state index is 13.9. The molecule has 0 radical (unpaired) electrons. The third kappa shape index (κ3) is 3.04. The molecule has 1 aromatic carbocycles. The number of ether oxygens (including phenoxy) is 1. The van der Waals surface area contributed by atoms with Gasteiger partial charge in [-0.1, -0.05) is 12.5 Å². The topological polar surface area (TPSA) is 58.6 Å². The second-order valence-electron chi connectivity index (χ2n) is 4.79. The summed E-state index contributed by atoms with van der Waals surface area (Å²) in [6.07, 6.45) is 2.26. The van der Waals surface area contributed by atoms with E-state index >= 15 is 0 Å². The summed E-state index contributed by atoms with van der Waals surface area (Å²) < 4.78 is 18.7. The minimum Gasteiger partial charge on any atom is -0.494 e. The molecule has 104 valence electrons. The monoisotopic (exact) mass is 267 g/mol. The Kier molecular flexibility index (Phi) is 4.37. The van der Waals surface area contributed by atoms with E-state index in [1.54, 1.807) is 6.07 Å². The normalized spacial score (nSPS) is 22.3. The quantitative estimate of drug-likeness (QED) is 0.873. The number of nitrogens with one attached hydrogen (secondary N) is 1. The molecule has 0 bridgehead atoms. The number of methoxy groups -OCH3 is 1. The zero-order chi connectivity index (χ0) is 13.8. The van der Waals surface area contributed by atoms with Gasteiger partial charge in [0.25, 0.3) is 5.91 Å². The molecule has 1 aromatic rings. The van der Waals surface area contributed by atoms with Crippen molar-refractivity contribution < 1.29 is 19.0 Å². The van der Waals surface area contributed by atoms with Crippen LogP contribution in [0.2, 0.25) is 0 Å². The van der Waals surface area contributed by atoms with Gasteiger partial charge in [-0.15, -0.1) is 0 Å². The number of benzene rings is 1. The summed E-state index contributed by atoms with van der Waals surface area (Å²) in [4.78, 5) is 11.9. The highest BCUT2D eigenvalue weighted by Crippen LogP contribution is 2.25. The summed E-state index contributed by atoms with van der Waals surface area (Å²) in [5.41, 5.74) is -0.0353. The van der Waals surface area contributed by atoms with Crippen LogP contribution in [0.25, 0.3) is 0 Å². The van der Waals surface area contributed by atoms with Crippen LogP contribution in [0.15, 0.2) is 18.2 Å². The molecule has 2 unspecified atom stereocenters. The highest BCUT2D eigenvalue weighted by atomic mass is 19.1. The lowest BCUT2D eigenvalue weighted by atomic mass is 10.1. The van der Waals surface area contributed by atoms with Crippen LogP contribution in [0.3, 0.4) is 0 Å². The van der Waals surface area contributed by atoms with Crippen molar-refractivity contribution in [2.75, 3.05) is 13.7 Å². The first-order valence-electron chi connectivity index (χ1n) is 6.42. The van der Waals surface area contributed by atoms with E-state index in [1.807, 2.05) is 0 Å². The predicted molar refractivity (Wildman–Crippen MR) is 68.6 cm³/mol. The first-order chi connectivity index (χ1) is 9.13. The van der Waals surface area contributed by atoms with E-state index in [0.717, 1.165) is 19.3 Å². The maximum Gasteiger partial charge on any atom is 0.254 e. The Morgan fingerprint density at radius 2 is 2.32 bits per heavy atom. The highest BCUT2D eigenvalue weighted by Gasteiger charge is 2.26. The Labute approximate surface area is 111 Å². The van der Waals surface area contributed by atoms with Gasteiger partial charge in [-0.05, 0) is 25.0 Å². The number of halogens is 1. The van der Waals surface area contributed by atoms with Crippen LogP contribution in [-0.4, -0.2) is 30.8 Å². The number of hydrogen-bond donors (Lipinski definition) is 2. The Bertz CT molecular complexity index is 464. The van der Waals surface area contributed by atoms with Gasteiger partial charge in [-0.2, -0.15) is 0 Å². The number of aliphatic hydroxyl groups is 1. The van der Waals surface area contributed by atoms with Gasteiger partial charge >= 0.3 is 0 Å². The molecule has 5 heteroatoms. The average Bonchev–Trinajstić information content (AvgIpc) is 2.82. The Balaban J connectivity index is 2.00. The summed E-state index contributed by atoms with van der Waals surface area (Å²) in [7, 11) is 1.36. The van der Waals surface area contributed by atoms with Crippen LogP contribution in [-0.2, 0) is 0 Å². The molecule has 0 aliphatic heterocycles. The van der Waals surface area contributed by atoms with E-state index in [-0.39, 0.29) is 23.3 Å². The Morgan fingerprint density at radius 3 is 2.95 bits per heavy atom. The summed E-state index contributed by atoms with van der Waals surface area (Å²) in [5.74, 6) is -1.02. The molecule has 1 aliphatic rings. The molecule has 4 nitrogen and oxygen atoms in total. The smallest absolute Gasteiger partial charge is 0.254 e. The van der Waals surface area contributed by atoms with E-state index < -0.39 is 11.7 Å². The minimum absolute atomic E-state index is 0.0353. The molecule has 1 aliphatic carbocycles. The zero-order valence-electron chi connectivity index (χ0n) is 10.9. The third-order valence-electron chi connectivity index (χ3n) is 3.57. The zero-order valence-corrected chi connectivity index (χ0v) is 10.9. The van der Waals surface area contributed by atoms with Crippen molar-refractivity contribution in [3.63, 3.8) is 0 Å². The second-order valence-corrected chi connectivity index (χ2v) is 4.79. The summed E-state index contributed by atoms with van der Waals surface area (Å²) in [5, 5.41) is 12.3. The highest BCUT2D eigenvalue weighted by molar-refractivity contribution is 5.94. The average molecular weight is 267 g/mol. The van der Waals surface area contributed by atoms with Crippen LogP contribution >= 0.6 is 0 Å². The first-order valence-corrected chi connectivity index (χ1v) is 6.42. The van der Waals surface area contributed by atoms with Gasteiger partial charge in [0.1, 0.15) is 0 Å². The molecule has 2 N–H and O–H groups in total. The lowest BCUT2D eigenvalue weighted by Gasteiger charge is -2.15. The summed E-state index contributed by atoms with van der Waals surface area (Å²) >= 11 is 0. The van der Waals surface area contributed by atoms with Gasteiger partial charge in [0, 0.05) is 12.5 Å². The minimum atomic E-state index is -0.658. The second kappa shape index (κ2) is 6.02. The van der Waals surface area contributed by atoms with Crippen LogP contribution in [0.4, 0.5) is 4.39 Å². The van der Waals surface area contributed by atoms with E-state index in [9.17, 15) is 14.3 Å². The van der Waals surface area contributed by atoms with Gasteiger partial charge in [-0.25, -0.2) is 4.39 Å². The molecular formula is C14H18FNO3.